The van der Waals surface area contributed by atoms with Gasteiger partial charge in [-0.25, -0.2) is 9.18 Å². The first kappa shape index (κ1) is 15.1. The van der Waals surface area contributed by atoms with Crippen molar-refractivity contribution in [1.82, 2.24) is 0 Å². The maximum absolute atomic E-state index is 13.3. The minimum atomic E-state index is -0.556. The second-order valence-electron chi connectivity index (χ2n) is 4.28. The van der Waals surface area contributed by atoms with Crippen molar-refractivity contribution in [3.63, 3.8) is 0 Å². The third kappa shape index (κ3) is 3.64. The lowest BCUT2D eigenvalue weighted by Gasteiger charge is -2.11. The first-order valence-corrected chi connectivity index (χ1v) is 6.43. The number of nitrogen functional groups attached to an aromatic ring is 1. The highest BCUT2D eigenvalue weighted by molar-refractivity contribution is 6.30. The number of halogens is 2. The fourth-order valence-corrected chi connectivity index (χ4v) is 1.85. The zero-order valence-corrected chi connectivity index (χ0v) is 12.0. The lowest BCUT2D eigenvalue weighted by Crippen LogP contribution is -2.07. The molecule has 0 aliphatic rings. The maximum Gasteiger partial charge on any atom is 0.341 e. The van der Waals surface area contributed by atoms with Gasteiger partial charge in [0.1, 0.15) is 23.7 Å². The molecule has 0 spiro atoms. The second kappa shape index (κ2) is 6.45. The molecule has 2 N–H and O–H groups in total. The number of nitrogens with two attached hydrogens (primary N) is 1. The summed E-state index contributed by atoms with van der Waals surface area (Å²) in [6.45, 7) is 0.0853. The number of hydrogen-bond acceptors (Lipinski definition) is 4. The van der Waals surface area contributed by atoms with Crippen molar-refractivity contribution in [2.45, 2.75) is 6.61 Å². The van der Waals surface area contributed by atoms with Gasteiger partial charge in [0.15, 0.2) is 0 Å². The van der Waals surface area contributed by atoms with Crippen LogP contribution in [0.3, 0.4) is 0 Å². The van der Waals surface area contributed by atoms with Gasteiger partial charge in [0, 0.05) is 5.69 Å². The molecule has 110 valence electrons. The molecule has 0 saturated heterocycles. The normalized spacial score (nSPS) is 10.2. The van der Waals surface area contributed by atoms with Gasteiger partial charge in [0.2, 0.25) is 0 Å². The van der Waals surface area contributed by atoms with Crippen molar-refractivity contribution in [2.24, 2.45) is 0 Å². The predicted molar refractivity (Wildman–Crippen MR) is 77.9 cm³/mol. The third-order valence-electron chi connectivity index (χ3n) is 2.79. The van der Waals surface area contributed by atoms with E-state index in [1.807, 2.05) is 0 Å². The van der Waals surface area contributed by atoms with Crippen LogP contribution in [0.15, 0.2) is 36.4 Å². The number of anilines is 1. The number of carbonyl (C=O) groups excluding carboxylic acids is 1. The molecule has 4 nitrogen and oxygen atoms in total. The molecule has 0 amide bonds. The van der Waals surface area contributed by atoms with Crippen molar-refractivity contribution >= 4 is 23.3 Å². The van der Waals surface area contributed by atoms with Crippen LogP contribution < -0.4 is 10.5 Å². The Hall–Kier alpha value is -2.27. The van der Waals surface area contributed by atoms with Crippen LogP contribution in [0, 0.1) is 5.82 Å². The Labute approximate surface area is 126 Å². The lowest BCUT2D eigenvalue weighted by molar-refractivity contribution is 0.0595. The van der Waals surface area contributed by atoms with E-state index in [1.54, 1.807) is 18.2 Å². The van der Waals surface area contributed by atoms with E-state index < -0.39 is 11.8 Å². The predicted octanol–water partition coefficient (Wildman–Crippen LogP) is 3.43. The molecule has 0 heterocycles. The van der Waals surface area contributed by atoms with Crippen LogP contribution in [-0.4, -0.2) is 13.1 Å². The molecule has 0 aromatic heterocycles. The van der Waals surface area contributed by atoms with Crippen LogP contribution in [0.5, 0.6) is 5.75 Å². The largest absolute Gasteiger partial charge is 0.488 e. The fourth-order valence-electron chi connectivity index (χ4n) is 1.73. The summed E-state index contributed by atoms with van der Waals surface area (Å²) in [6.07, 6.45) is 0. The quantitative estimate of drug-likeness (QED) is 0.694. The zero-order valence-electron chi connectivity index (χ0n) is 11.2. The van der Waals surface area contributed by atoms with Crippen LogP contribution in [-0.2, 0) is 11.3 Å². The summed E-state index contributed by atoms with van der Waals surface area (Å²) >= 11 is 5.61. The summed E-state index contributed by atoms with van der Waals surface area (Å²) in [6, 6.07) is 8.99. The SMILES string of the molecule is COC(=O)c1cc(N)ccc1OCc1ccc(Cl)c(F)c1. The maximum atomic E-state index is 13.3. The highest BCUT2D eigenvalue weighted by Gasteiger charge is 2.14. The van der Waals surface area contributed by atoms with Gasteiger partial charge in [-0.05, 0) is 35.9 Å². The van der Waals surface area contributed by atoms with Crippen molar-refractivity contribution in [2.75, 3.05) is 12.8 Å². The van der Waals surface area contributed by atoms with Crippen LogP contribution in [0.2, 0.25) is 5.02 Å². The average molecular weight is 310 g/mol. The van der Waals surface area contributed by atoms with E-state index in [1.165, 1.54) is 25.3 Å². The van der Waals surface area contributed by atoms with Crippen LogP contribution in [0.1, 0.15) is 15.9 Å². The molecule has 0 bridgehead atoms. The highest BCUT2D eigenvalue weighted by atomic mass is 35.5. The summed E-state index contributed by atoms with van der Waals surface area (Å²) in [4.78, 5) is 11.7. The molecular weight excluding hydrogens is 297 g/mol. The monoisotopic (exact) mass is 309 g/mol. The second-order valence-corrected chi connectivity index (χ2v) is 4.69. The smallest absolute Gasteiger partial charge is 0.341 e. The van der Waals surface area contributed by atoms with Gasteiger partial charge >= 0.3 is 5.97 Å². The molecule has 0 saturated carbocycles. The Morgan fingerprint density at radius 3 is 2.71 bits per heavy atom. The molecule has 21 heavy (non-hydrogen) atoms. The van der Waals surface area contributed by atoms with Gasteiger partial charge in [-0.15, -0.1) is 0 Å². The molecule has 6 heteroatoms. The number of benzene rings is 2. The lowest BCUT2D eigenvalue weighted by atomic mass is 10.1. The molecule has 0 atom stereocenters. The van der Waals surface area contributed by atoms with Gasteiger partial charge in [-0.2, -0.15) is 0 Å². The summed E-state index contributed by atoms with van der Waals surface area (Å²) in [5, 5.41) is 0.0430. The molecule has 2 aromatic carbocycles. The van der Waals surface area contributed by atoms with Gasteiger partial charge in [0.25, 0.3) is 0 Å². The topological polar surface area (TPSA) is 61.5 Å². The summed E-state index contributed by atoms with van der Waals surface area (Å²) < 4.78 is 23.5. The van der Waals surface area contributed by atoms with Gasteiger partial charge in [-0.3, -0.25) is 0 Å². The number of carbonyl (C=O) groups is 1. The Kier molecular flexibility index (Phi) is 4.65. The first-order chi connectivity index (χ1) is 10.0. The number of methoxy groups -OCH3 is 1. The molecule has 0 fully saturated rings. The molecule has 2 rings (SSSR count). The van der Waals surface area contributed by atoms with Gasteiger partial charge in [0.05, 0.1) is 12.1 Å². The van der Waals surface area contributed by atoms with Crippen molar-refractivity contribution in [3.05, 3.63) is 58.4 Å². The van der Waals surface area contributed by atoms with Crippen molar-refractivity contribution in [1.29, 1.82) is 0 Å². The van der Waals surface area contributed by atoms with Crippen LogP contribution >= 0.6 is 11.6 Å². The van der Waals surface area contributed by atoms with Gasteiger partial charge in [-0.1, -0.05) is 17.7 Å². The molecule has 2 aromatic rings. The molecule has 0 unspecified atom stereocenters. The highest BCUT2D eigenvalue weighted by Crippen LogP contribution is 2.24. The van der Waals surface area contributed by atoms with E-state index in [9.17, 15) is 9.18 Å². The van der Waals surface area contributed by atoms with E-state index in [0.717, 1.165) is 0 Å². The average Bonchev–Trinajstić information content (AvgIpc) is 2.48. The van der Waals surface area contributed by atoms with E-state index in [-0.39, 0.29) is 17.2 Å². The van der Waals surface area contributed by atoms with E-state index in [0.29, 0.717) is 17.0 Å². The molecular formula is C15H13ClFNO3. The van der Waals surface area contributed by atoms with Crippen molar-refractivity contribution in [3.8, 4) is 5.75 Å². The van der Waals surface area contributed by atoms with Crippen molar-refractivity contribution < 1.29 is 18.7 Å². The standard InChI is InChI=1S/C15H13ClFNO3/c1-20-15(19)11-7-10(18)3-5-14(11)21-8-9-2-4-12(16)13(17)6-9/h2-7H,8,18H2,1H3. The first-order valence-electron chi connectivity index (χ1n) is 6.06. The summed E-state index contributed by atoms with van der Waals surface area (Å²) in [5.74, 6) is -0.769. The fraction of sp³-hybridized carbons (Fsp3) is 0.133. The number of ether oxygens (including phenoxy) is 2. The van der Waals surface area contributed by atoms with E-state index in [4.69, 9.17) is 22.1 Å². The zero-order chi connectivity index (χ0) is 15.4. The molecule has 0 radical (unpaired) electrons. The van der Waals surface area contributed by atoms with Crippen LogP contribution in [0.25, 0.3) is 0 Å². The number of hydrogen-bond donors (Lipinski definition) is 1. The summed E-state index contributed by atoms with van der Waals surface area (Å²) in [7, 11) is 1.27. The van der Waals surface area contributed by atoms with E-state index >= 15 is 0 Å². The third-order valence-corrected chi connectivity index (χ3v) is 3.09. The Balaban J connectivity index is 2.19. The number of esters is 1. The van der Waals surface area contributed by atoms with Crippen LogP contribution in [0.4, 0.5) is 10.1 Å². The minimum absolute atomic E-state index is 0.0430. The minimum Gasteiger partial charge on any atom is -0.488 e. The van der Waals surface area contributed by atoms with Gasteiger partial charge < -0.3 is 15.2 Å². The number of rotatable bonds is 4. The Morgan fingerprint density at radius 1 is 1.29 bits per heavy atom. The molecule has 0 aliphatic carbocycles. The Morgan fingerprint density at radius 2 is 2.05 bits per heavy atom. The summed E-state index contributed by atoms with van der Waals surface area (Å²) in [5.41, 5.74) is 6.86. The Bertz CT molecular complexity index is 676. The molecule has 0 aliphatic heterocycles. The van der Waals surface area contributed by atoms with E-state index in [2.05, 4.69) is 4.74 Å².